The van der Waals surface area contributed by atoms with Crippen molar-refractivity contribution in [2.45, 2.75) is 25.9 Å². The van der Waals surface area contributed by atoms with Crippen molar-refractivity contribution in [2.75, 3.05) is 0 Å². The Kier molecular flexibility index (Phi) is 4.59. The average molecular weight is 364 g/mol. The maximum atomic E-state index is 12.9. The number of carbonyl (C=O) groups is 1. The van der Waals surface area contributed by atoms with E-state index in [2.05, 4.69) is 0 Å². The Balaban J connectivity index is 1.52. The molecule has 1 aliphatic carbocycles. The Morgan fingerprint density at radius 1 is 1.11 bits per heavy atom. The lowest BCUT2D eigenvalue weighted by Crippen LogP contribution is -2.06. The Morgan fingerprint density at radius 3 is 2.63 bits per heavy atom. The molecule has 0 atom stereocenters. The molecule has 1 heterocycles. The van der Waals surface area contributed by atoms with Crippen molar-refractivity contribution in [1.29, 1.82) is 0 Å². The van der Waals surface area contributed by atoms with E-state index in [1.807, 2.05) is 12.1 Å². The van der Waals surface area contributed by atoms with E-state index < -0.39 is 11.6 Å². The Bertz CT molecular complexity index is 1090. The number of hydrogen-bond acceptors (Lipinski definition) is 4. The quantitative estimate of drug-likeness (QED) is 0.396. The number of benzene rings is 2. The second kappa shape index (κ2) is 7.19. The highest BCUT2D eigenvalue weighted by Gasteiger charge is 2.15. The van der Waals surface area contributed by atoms with Crippen molar-refractivity contribution >= 4 is 23.0 Å². The Morgan fingerprint density at radius 2 is 1.85 bits per heavy atom. The summed E-state index contributed by atoms with van der Waals surface area (Å²) in [7, 11) is 0. The Hall–Kier alpha value is -3.21. The topological polar surface area (TPSA) is 56.5 Å². The van der Waals surface area contributed by atoms with Crippen LogP contribution in [0.1, 0.15) is 28.7 Å². The van der Waals surface area contributed by atoms with Crippen molar-refractivity contribution in [3.05, 3.63) is 87.0 Å². The van der Waals surface area contributed by atoms with E-state index in [0.29, 0.717) is 16.7 Å². The molecule has 4 rings (SSSR count). The van der Waals surface area contributed by atoms with Gasteiger partial charge in [-0.3, -0.25) is 0 Å². The number of aryl methyl sites for hydroxylation is 2. The molecule has 27 heavy (non-hydrogen) atoms. The molecule has 0 amide bonds. The average Bonchev–Trinajstić information content (AvgIpc) is 3.11. The van der Waals surface area contributed by atoms with Crippen LogP contribution in [-0.2, 0) is 29.0 Å². The molecular formula is C22H17FO4. The SMILES string of the molecule is O=C(/C=C/c1ccc(F)cc1)OCc1cc(=O)oc2cc3c(cc12)CCC3. The van der Waals surface area contributed by atoms with E-state index in [4.69, 9.17) is 9.15 Å². The zero-order valence-electron chi connectivity index (χ0n) is 14.5. The van der Waals surface area contributed by atoms with Crippen LogP contribution in [0.15, 0.2) is 57.8 Å². The third-order valence-corrected chi connectivity index (χ3v) is 4.69. The molecular weight excluding hydrogens is 347 g/mol. The number of rotatable bonds is 4. The van der Waals surface area contributed by atoms with Gasteiger partial charge in [-0.15, -0.1) is 0 Å². The molecule has 4 nitrogen and oxygen atoms in total. The summed E-state index contributed by atoms with van der Waals surface area (Å²) in [5.74, 6) is -0.877. The molecule has 0 unspecified atom stereocenters. The largest absolute Gasteiger partial charge is 0.458 e. The summed E-state index contributed by atoms with van der Waals surface area (Å²) in [6.45, 7) is -0.0204. The van der Waals surface area contributed by atoms with Gasteiger partial charge in [-0.1, -0.05) is 12.1 Å². The summed E-state index contributed by atoms with van der Waals surface area (Å²) in [5, 5.41) is 0.797. The van der Waals surface area contributed by atoms with Gasteiger partial charge in [-0.05, 0) is 66.3 Å². The molecule has 0 radical (unpaired) electrons. The fraction of sp³-hybridized carbons (Fsp3) is 0.182. The highest BCUT2D eigenvalue weighted by molar-refractivity contribution is 5.87. The minimum atomic E-state index is -0.540. The van der Waals surface area contributed by atoms with Crippen molar-refractivity contribution in [3.63, 3.8) is 0 Å². The first-order valence-electron chi connectivity index (χ1n) is 8.77. The molecule has 5 heteroatoms. The number of ether oxygens (including phenoxy) is 1. The molecule has 0 saturated heterocycles. The predicted octanol–water partition coefficient (Wildman–Crippen LogP) is 4.18. The third kappa shape index (κ3) is 3.82. The first kappa shape index (κ1) is 17.2. The van der Waals surface area contributed by atoms with Gasteiger partial charge in [0.25, 0.3) is 0 Å². The molecule has 1 aliphatic rings. The summed E-state index contributed by atoms with van der Waals surface area (Å²) in [6, 6.07) is 11.1. The summed E-state index contributed by atoms with van der Waals surface area (Å²) >= 11 is 0. The molecule has 0 aliphatic heterocycles. The highest BCUT2D eigenvalue weighted by atomic mass is 19.1. The van der Waals surface area contributed by atoms with Gasteiger partial charge in [0.05, 0.1) is 0 Å². The second-order valence-electron chi connectivity index (χ2n) is 6.55. The van der Waals surface area contributed by atoms with E-state index >= 15 is 0 Å². The minimum Gasteiger partial charge on any atom is -0.458 e. The van der Waals surface area contributed by atoms with Crippen molar-refractivity contribution in [2.24, 2.45) is 0 Å². The van der Waals surface area contributed by atoms with Gasteiger partial charge in [-0.2, -0.15) is 0 Å². The summed E-state index contributed by atoms with van der Waals surface area (Å²) < 4.78 is 23.5. The van der Waals surface area contributed by atoms with Crippen LogP contribution in [0.25, 0.3) is 17.0 Å². The first-order chi connectivity index (χ1) is 13.1. The lowest BCUT2D eigenvalue weighted by Gasteiger charge is -2.08. The number of esters is 1. The molecule has 0 fully saturated rings. The van der Waals surface area contributed by atoms with E-state index in [1.165, 1.54) is 35.4 Å². The molecule has 136 valence electrons. The fourth-order valence-corrected chi connectivity index (χ4v) is 3.35. The number of halogens is 1. The highest BCUT2D eigenvalue weighted by Crippen LogP contribution is 2.28. The van der Waals surface area contributed by atoms with E-state index in [9.17, 15) is 14.0 Å². The Labute approximate surface area is 154 Å². The van der Waals surface area contributed by atoms with Gasteiger partial charge in [0.15, 0.2) is 0 Å². The lowest BCUT2D eigenvalue weighted by atomic mass is 10.0. The maximum Gasteiger partial charge on any atom is 0.336 e. The summed E-state index contributed by atoms with van der Waals surface area (Å²) in [6.07, 6.45) is 5.91. The maximum absolute atomic E-state index is 12.9. The molecule has 0 N–H and O–H groups in total. The molecule has 0 spiro atoms. The van der Waals surface area contributed by atoms with Crippen molar-refractivity contribution < 1.29 is 18.3 Å². The van der Waals surface area contributed by atoms with Crippen LogP contribution in [0.2, 0.25) is 0 Å². The van der Waals surface area contributed by atoms with Gasteiger partial charge < -0.3 is 9.15 Å². The number of hydrogen-bond donors (Lipinski definition) is 0. The van der Waals surface area contributed by atoms with Gasteiger partial charge in [-0.25, -0.2) is 14.0 Å². The van der Waals surface area contributed by atoms with Crippen LogP contribution in [0.5, 0.6) is 0 Å². The zero-order valence-corrected chi connectivity index (χ0v) is 14.5. The van der Waals surface area contributed by atoms with Crippen LogP contribution in [0.4, 0.5) is 4.39 Å². The van der Waals surface area contributed by atoms with Gasteiger partial charge in [0.2, 0.25) is 0 Å². The van der Waals surface area contributed by atoms with Crippen molar-refractivity contribution in [1.82, 2.24) is 0 Å². The standard InChI is InChI=1S/C22H17FO4/c23-18-7-4-14(5-8-18)6-9-21(24)26-13-17-12-22(25)27-20-11-16-3-1-2-15(16)10-19(17)20/h4-12H,1-3,13H2/b9-6+. The normalized spacial score (nSPS) is 13.2. The van der Waals surface area contributed by atoms with Crippen LogP contribution >= 0.6 is 0 Å². The second-order valence-corrected chi connectivity index (χ2v) is 6.55. The molecule has 0 saturated carbocycles. The van der Waals surface area contributed by atoms with Crippen LogP contribution in [-0.4, -0.2) is 5.97 Å². The number of carbonyl (C=O) groups excluding carboxylic acids is 1. The van der Waals surface area contributed by atoms with Gasteiger partial charge in [0, 0.05) is 23.1 Å². The smallest absolute Gasteiger partial charge is 0.336 e. The molecule has 1 aromatic heterocycles. The monoisotopic (exact) mass is 364 g/mol. The van der Waals surface area contributed by atoms with Crippen LogP contribution in [0.3, 0.4) is 0 Å². The zero-order chi connectivity index (χ0) is 18.8. The molecule has 2 aromatic carbocycles. The minimum absolute atomic E-state index is 0.0204. The van der Waals surface area contributed by atoms with Crippen molar-refractivity contribution in [3.8, 4) is 0 Å². The first-order valence-corrected chi connectivity index (χ1v) is 8.77. The van der Waals surface area contributed by atoms with Crippen LogP contribution < -0.4 is 5.63 Å². The van der Waals surface area contributed by atoms with Gasteiger partial charge in [0.1, 0.15) is 18.0 Å². The summed E-state index contributed by atoms with van der Waals surface area (Å²) in [5.41, 5.74) is 3.83. The van der Waals surface area contributed by atoms with E-state index in [1.54, 1.807) is 18.2 Å². The van der Waals surface area contributed by atoms with Gasteiger partial charge >= 0.3 is 11.6 Å². The van der Waals surface area contributed by atoms with E-state index in [-0.39, 0.29) is 12.4 Å². The molecule has 3 aromatic rings. The molecule has 0 bridgehead atoms. The number of fused-ring (bicyclic) bond motifs is 2. The van der Waals surface area contributed by atoms with Crippen LogP contribution in [0, 0.1) is 5.82 Å². The van der Waals surface area contributed by atoms with E-state index in [0.717, 1.165) is 24.6 Å². The fourth-order valence-electron chi connectivity index (χ4n) is 3.35. The predicted molar refractivity (Wildman–Crippen MR) is 99.7 cm³/mol. The third-order valence-electron chi connectivity index (χ3n) is 4.69. The lowest BCUT2D eigenvalue weighted by molar-refractivity contribution is -0.138. The summed E-state index contributed by atoms with van der Waals surface area (Å²) in [4.78, 5) is 23.8.